The van der Waals surface area contributed by atoms with Gasteiger partial charge in [0, 0.05) is 0 Å². The lowest BCUT2D eigenvalue weighted by atomic mass is 10.1. The van der Waals surface area contributed by atoms with E-state index in [0.717, 1.165) is 22.4 Å². The van der Waals surface area contributed by atoms with Crippen molar-refractivity contribution in [3.8, 4) is 5.75 Å². The molecule has 2 rings (SSSR count). The molecule has 0 aliphatic carbocycles. The fraction of sp³-hybridized carbons (Fsp3) is 0.211. The number of hydrogen-bond donors (Lipinski definition) is 0. The van der Waals surface area contributed by atoms with Crippen molar-refractivity contribution in [1.29, 1.82) is 0 Å². The van der Waals surface area contributed by atoms with Crippen molar-refractivity contribution in [2.45, 2.75) is 18.7 Å². The minimum atomic E-state index is -3.73. The van der Waals surface area contributed by atoms with Crippen LogP contribution < -0.4 is 4.74 Å². The molecule has 132 valence electrons. The lowest BCUT2D eigenvalue weighted by Crippen LogP contribution is -2.03. The Morgan fingerprint density at radius 2 is 1.68 bits per heavy atom. The van der Waals surface area contributed by atoms with Gasteiger partial charge in [0.15, 0.2) is 0 Å². The second-order valence-electron chi connectivity index (χ2n) is 5.49. The number of benzene rings is 2. The zero-order valence-corrected chi connectivity index (χ0v) is 16.3. The fourth-order valence-electron chi connectivity index (χ4n) is 2.15. The first-order chi connectivity index (χ1) is 11.9. The van der Waals surface area contributed by atoms with Gasteiger partial charge in [-0.2, -0.15) is 12.8 Å². The molecule has 0 N–H and O–H groups in total. The van der Waals surface area contributed by atoms with Crippen LogP contribution in [-0.4, -0.2) is 26.8 Å². The molecule has 0 radical (unpaired) electrons. The molecule has 0 heterocycles. The van der Waals surface area contributed by atoms with Gasteiger partial charge in [-0.25, -0.2) is 0 Å². The number of methoxy groups -OCH3 is 1. The van der Waals surface area contributed by atoms with E-state index in [1.54, 1.807) is 31.4 Å². The second-order valence-corrected chi connectivity index (χ2v) is 7.89. The summed E-state index contributed by atoms with van der Waals surface area (Å²) in [5.74, 6) is 0.774. The predicted octanol–water partition coefficient (Wildman–Crippen LogP) is 4.56. The maximum Gasteiger partial charge on any atom is 0.283 e. The molecule has 0 aliphatic rings. The van der Waals surface area contributed by atoms with Crippen molar-refractivity contribution < 1.29 is 13.2 Å². The number of thioether (sulfide) groups is 1. The Hall–Kier alpha value is -2.05. The Bertz CT molecular complexity index is 881. The molecule has 0 amide bonds. The maximum absolute atomic E-state index is 12.5. The molecule has 0 saturated carbocycles. The van der Waals surface area contributed by atoms with Crippen LogP contribution in [0.4, 0.5) is 0 Å². The molecule has 0 saturated heterocycles. The van der Waals surface area contributed by atoms with Crippen LogP contribution in [0.1, 0.15) is 18.1 Å². The molecule has 0 aromatic heterocycles. The van der Waals surface area contributed by atoms with Gasteiger partial charge in [-0.05, 0) is 61.6 Å². The molecule has 6 heteroatoms. The minimum absolute atomic E-state index is 0.196. The van der Waals surface area contributed by atoms with E-state index in [9.17, 15) is 8.42 Å². The van der Waals surface area contributed by atoms with E-state index in [2.05, 4.69) is 4.40 Å². The van der Waals surface area contributed by atoms with Crippen molar-refractivity contribution in [2.75, 3.05) is 13.4 Å². The largest absolute Gasteiger partial charge is 0.497 e. The van der Waals surface area contributed by atoms with Gasteiger partial charge in [0.05, 0.1) is 12.0 Å². The van der Waals surface area contributed by atoms with Crippen LogP contribution in [0.25, 0.3) is 6.08 Å². The third-order valence-corrected chi connectivity index (χ3v) is 5.76. The van der Waals surface area contributed by atoms with Gasteiger partial charge >= 0.3 is 0 Å². The molecular weight excluding hydrogens is 354 g/mol. The smallest absolute Gasteiger partial charge is 0.283 e. The van der Waals surface area contributed by atoms with Crippen molar-refractivity contribution in [1.82, 2.24) is 0 Å². The van der Waals surface area contributed by atoms with Crippen molar-refractivity contribution in [2.24, 2.45) is 4.40 Å². The topological polar surface area (TPSA) is 55.7 Å². The van der Waals surface area contributed by atoms with E-state index in [4.69, 9.17) is 4.74 Å². The zero-order valence-electron chi connectivity index (χ0n) is 14.7. The van der Waals surface area contributed by atoms with E-state index >= 15 is 0 Å². The summed E-state index contributed by atoms with van der Waals surface area (Å²) < 4.78 is 34.2. The van der Waals surface area contributed by atoms with Crippen LogP contribution in [0.2, 0.25) is 0 Å². The molecule has 2 aromatic rings. The third-order valence-electron chi connectivity index (χ3n) is 3.55. The highest BCUT2D eigenvalue weighted by Crippen LogP contribution is 2.20. The highest BCUT2D eigenvalue weighted by atomic mass is 32.2. The van der Waals surface area contributed by atoms with Gasteiger partial charge in [-0.1, -0.05) is 29.8 Å². The van der Waals surface area contributed by atoms with Crippen LogP contribution in [-0.2, 0) is 10.0 Å². The Morgan fingerprint density at radius 3 is 2.20 bits per heavy atom. The van der Waals surface area contributed by atoms with Crippen LogP contribution in [0.5, 0.6) is 5.75 Å². The summed E-state index contributed by atoms with van der Waals surface area (Å²) in [6.45, 7) is 3.76. The highest BCUT2D eigenvalue weighted by molar-refractivity contribution is 8.14. The summed E-state index contributed by atoms with van der Waals surface area (Å²) in [4.78, 5) is 0.196. The monoisotopic (exact) mass is 375 g/mol. The quantitative estimate of drug-likeness (QED) is 0.568. The predicted molar refractivity (Wildman–Crippen MR) is 106 cm³/mol. The normalized spacial score (nSPS) is 13.0. The highest BCUT2D eigenvalue weighted by Gasteiger charge is 2.15. The van der Waals surface area contributed by atoms with Gasteiger partial charge in [0.1, 0.15) is 10.8 Å². The number of ether oxygens (including phenoxy) is 1. The first kappa shape index (κ1) is 19.3. The molecule has 2 aromatic carbocycles. The van der Waals surface area contributed by atoms with E-state index in [-0.39, 0.29) is 4.90 Å². The second kappa shape index (κ2) is 8.36. The lowest BCUT2D eigenvalue weighted by molar-refractivity contribution is 0.415. The average molecular weight is 376 g/mol. The Labute approximate surface area is 153 Å². The number of sulfonamides is 1. The van der Waals surface area contributed by atoms with Gasteiger partial charge in [-0.3, -0.25) is 0 Å². The molecule has 0 aliphatic heterocycles. The van der Waals surface area contributed by atoms with E-state index in [0.29, 0.717) is 5.04 Å². The lowest BCUT2D eigenvalue weighted by Gasteiger charge is -2.06. The zero-order chi connectivity index (χ0) is 18.4. The molecule has 0 bridgehead atoms. The Morgan fingerprint density at radius 1 is 1.08 bits per heavy atom. The van der Waals surface area contributed by atoms with E-state index in [1.807, 2.05) is 50.4 Å². The van der Waals surface area contributed by atoms with E-state index in [1.165, 1.54) is 11.8 Å². The van der Waals surface area contributed by atoms with Crippen LogP contribution >= 0.6 is 11.8 Å². The van der Waals surface area contributed by atoms with Gasteiger partial charge in [0.2, 0.25) is 0 Å². The Balaban J connectivity index is 2.34. The van der Waals surface area contributed by atoms with E-state index < -0.39 is 10.0 Å². The molecule has 0 spiro atoms. The van der Waals surface area contributed by atoms with Gasteiger partial charge in [-0.15, -0.1) is 11.8 Å². The first-order valence-corrected chi connectivity index (χ1v) is 10.3. The standard InChI is InChI=1S/C19H21NO3S2/c1-14-5-11-18(12-6-14)25(21,22)20-19(24-4)15(2)13-16-7-9-17(23-3)10-8-16/h5-13H,1-4H3/b15-13+,20-19-. The summed E-state index contributed by atoms with van der Waals surface area (Å²) in [7, 11) is -2.11. The number of aryl methyl sites for hydroxylation is 1. The van der Waals surface area contributed by atoms with Crippen LogP contribution in [0, 0.1) is 6.92 Å². The molecule has 25 heavy (non-hydrogen) atoms. The van der Waals surface area contributed by atoms with Crippen LogP contribution in [0.15, 0.2) is 63.4 Å². The Kier molecular flexibility index (Phi) is 6.45. The van der Waals surface area contributed by atoms with Crippen LogP contribution in [0.3, 0.4) is 0 Å². The fourth-order valence-corrected chi connectivity index (χ4v) is 4.08. The van der Waals surface area contributed by atoms with Gasteiger partial charge in [0.25, 0.3) is 10.0 Å². The summed E-state index contributed by atoms with van der Waals surface area (Å²) >= 11 is 1.31. The summed E-state index contributed by atoms with van der Waals surface area (Å²) in [6.07, 6.45) is 3.72. The number of nitrogens with zero attached hydrogens (tertiary/aromatic N) is 1. The SMILES string of the molecule is COc1ccc(/C=C(C)/C(=N/S(=O)(=O)c2ccc(C)cc2)SC)cc1. The summed E-state index contributed by atoms with van der Waals surface area (Å²) in [5, 5.41) is 0.469. The maximum atomic E-state index is 12.5. The van der Waals surface area contributed by atoms with Crippen molar-refractivity contribution >= 4 is 32.9 Å². The van der Waals surface area contributed by atoms with Crippen molar-refractivity contribution in [3.05, 3.63) is 65.2 Å². The minimum Gasteiger partial charge on any atom is -0.497 e. The first-order valence-electron chi connectivity index (χ1n) is 7.64. The molecular formula is C19H21NO3S2. The van der Waals surface area contributed by atoms with Crippen molar-refractivity contribution in [3.63, 3.8) is 0 Å². The molecule has 0 fully saturated rings. The summed E-state index contributed by atoms with van der Waals surface area (Å²) in [5.41, 5.74) is 2.74. The number of rotatable bonds is 5. The molecule has 4 nitrogen and oxygen atoms in total. The molecule has 0 atom stereocenters. The average Bonchev–Trinajstić information content (AvgIpc) is 2.60. The number of hydrogen-bond acceptors (Lipinski definition) is 4. The van der Waals surface area contributed by atoms with Gasteiger partial charge < -0.3 is 4.74 Å². The summed E-state index contributed by atoms with van der Waals surface area (Å²) in [6, 6.07) is 14.2. The third kappa shape index (κ3) is 5.21. The molecule has 0 unspecified atom stereocenters.